The van der Waals surface area contributed by atoms with Crippen molar-refractivity contribution in [1.29, 1.82) is 0 Å². The third-order valence-electron chi connectivity index (χ3n) is 4.01. The highest BCUT2D eigenvalue weighted by Crippen LogP contribution is 2.29. The van der Waals surface area contributed by atoms with Gasteiger partial charge in [0.2, 0.25) is 0 Å². The topological polar surface area (TPSA) is 70.9 Å². The van der Waals surface area contributed by atoms with E-state index in [1.165, 1.54) is 0 Å². The van der Waals surface area contributed by atoms with Crippen molar-refractivity contribution in [3.63, 3.8) is 0 Å². The molecule has 0 atom stereocenters. The summed E-state index contributed by atoms with van der Waals surface area (Å²) >= 11 is 0. The number of benzene rings is 2. The maximum absolute atomic E-state index is 12.4. The zero-order valence-electron chi connectivity index (χ0n) is 13.0. The lowest BCUT2D eigenvalue weighted by molar-refractivity contribution is 0.475. The molecule has 4 rings (SSSR count). The van der Waals surface area contributed by atoms with E-state index >= 15 is 0 Å². The summed E-state index contributed by atoms with van der Waals surface area (Å²) in [6.07, 6.45) is 1.77. The van der Waals surface area contributed by atoms with Gasteiger partial charge in [-0.1, -0.05) is 30.3 Å². The number of aromatic hydroxyl groups is 1. The van der Waals surface area contributed by atoms with Crippen LogP contribution in [0.2, 0.25) is 0 Å². The number of imidazole rings is 1. The Morgan fingerprint density at radius 1 is 1.00 bits per heavy atom. The molecule has 2 aromatic rings. The largest absolute Gasteiger partial charge is 0.508 e. The number of aryl methyl sites for hydroxylation is 1. The molecule has 2 heterocycles. The molecule has 0 spiro atoms. The maximum atomic E-state index is 12.4. The molecule has 24 heavy (non-hydrogen) atoms. The molecule has 5 nitrogen and oxygen atoms in total. The van der Waals surface area contributed by atoms with Crippen molar-refractivity contribution in [2.24, 2.45) is 0 Å². The molecule has 0 saturated carbocycles. The monoisotopic (exact) mass is 317 g/mol. The summed E-state index contributed by atoms with van der Waals surface area (Å²) in [4.78, 5) is 20.2. The predicted molar refractivity (Wildman–Crippen MR) is 92.6 cm³/mol. The molecule has 5 heteroatoms. The van der Waals surface area contributed by atoms with Crippen LogP contribution < -0.4 is 5.56 Å². The molecule has 0 unspecified atom stereocenters. The van der Waals surface area contributed by atoms with Gasteiger partial charge in [0, 0.05) is 11.8 Å². The van der Waals surface area contributed by atoms with E-state index in [-0.39, 0.29) is 11.3 Å². The summed E-state index contributed by atoms with van der Waals surface area (Å²) in [6.45, 7) is 1.71. The summed E-state index contributed by atoms with van der Waals surface area (Å²) in [5, 5.41) is 9.52. The molecule has 118 valence electrons. The number of H-pyrrole nitrogens is 1. The van der Waals surface area contributed by atoms with E-state index in [9.17, 15) is 9.90 Å². The number of phenols is 1. The summed E-state index contributed by atoms with van der Waals surface area (Å²) in [6, 6.07) is 16.6. The molecule has 0 radical (unpaired) electrons. The van der Waals surface area contributed by atoms with Crippen molar-refractivity contribution >= 4 is 0 Å². The molecule has 0 bridgehead atoms. The van der Waals surface area contributed by atoms with Gasteiger partial charge in [0.25, 0.3) is 5.56 Å². The Balaban J connectivity index is 2.03. The second-order valence-electron chi connectivity index (χ2n) is 5.65. The van der Waals surface area contributed by atoms with E-state index < -0.39 is 0 Å². The minimum Gasteiger partial charge on any atom is -0.508 e. The summed E-state index contributed by atoms with van der Waals surface area (Å²) in [5.41, 5.74) is 3.71. The van der Waals surface area contributed by atoms with E-state index in [4.69, 9.17) is 0 Å². The van der Waals surface area contributed by atoms with Crippen molar-refractivity contribution in [1.82, 2.24) is 14.5 Å². The van der Waals surface area contributed by atoms with Crippen molar-refractivity contribution < 1.29 is 5.11 Å². The van der Waals surface area contributed by atoms with Crippen LogP contribution in [-0.4, -0.2) is 19.6 Å². The maximum Gasteiger partial charge on any atom is 0.277 e. The average Bonchev–Trinajstić information content (AvgIpc) is 2.90. The van der Waals surface area contributed by atoms with Gasteiger partial charge >= 0.3 is 0 Å². The Labute approximate surface area is 138 Å². The molecule has 2 aromatic carbocycles. The second-order valence-corrected chi connectivity index (χ2v) is 5.65. The Morgan fingerprint density at radius 3 is 2.42 bits per heavy atom. The number of nitrogens with one attached hydrogen (secondary N) is 1. The Bertz CT molecular complexity index is 1030. The third-order valence-corrected chi connectivity index (χ3v) is 4.01. The van der Waals surface area contributed by atoms with E-state index in [0.717, 1.165) is 22.5 Å². The van der Waals surface area contributed by atoms with Crippen LogP contribution >= 0.6 is 0 Å². The minimum atomic E-state index is -0.129. The number of rotatable bonds is 2. The number of fused-ring (bicyclic) bond motifs is 1. The Hall–Kier alpha value is -3.34. The molecule has 0 aromatic heterocycles. The predicted octanol–water partition coefficient (Wildman–Crippen LogP) is 3.35. The molecule has 0 saturated heterocycles. The van der Waals surface area contributed by atoms with Crippen LogP contribution in [0.4, 0.5) is 0 Å². The molecule has 2 aliphatic rings. The lowest BCUT2D eigenvalue weighted by Gasteiger charge is -2.13. The van der Waals surface area contributed by atoms with Gasteiger partial charge in [0.05, 0.1) is 11.4 Å². The lowest BCUT2D eigenvalue weighted by Crippen LogP contribution is -2.15. The molecule has 0 aliphatic carbocycles. The summed E-state index contributed by atoms with van der Waals surface area (Å²) in [7, 11) is 0. The van der Waals surface area contributed by atoms with Gasteiger partial charge in [0.1, 0.15) is 11.4 Å². The second kappa shape index (κ2) is 5.38. The van der Waals surface area contributed by atoms with Gasteiger partial charge in [-0.3, -0.25) is 9.36 Å². The van der Waals surface area contributed by atoms with Crippen LogP contribution in [0.15, 0.2) is 65.6 Å². The molecular weight excluding hydrogens is 302 g/mol. The van der Waals surface area contributed by atoms with Crippen LogP contribution in [0.5, 0.6) is 5.75 Å². The lowest BCUT2D eigenvalue weighted by atomic mass is 10.1. The fraction of sp³-hybridized carbons (Fsp3) is 0.0526. The highest BCUT2D eigenvalue weighted by molar-refractivity contribution is 5.72. The molecule has 0 amide bonds. The van der Waals surface area contributed by atoms with Crippen LogP contribution in [0.1, 0.15) is 5.69 Å². The first kappa shape index (κ1) is 14.3. The summed E-state index contributed by atoms with van der Waals surface area (Å²) in [5.74, 6) is 0.765. The van der Waals surface area contributed by atoms with Gasteiger partial charge < -0.3 is 10.1 Å². The third kappa shape index (κ3) is 2.27. The van der Waals surface area contributed by atoms with E-state index in [2.05, 4.69) is 9.97 Å². The molecular formula is C19H15N3O2. The first-order chi connectivity index (χ1) is 11.6. The minimum absolute atomic E-state index is 0.129. The van der Waals surface area contributed by atoms with E-state index in [0.29, 0.717) is 11.5 Å². The Kier molecular flexibility index (Phi) is 3.20. The van der Waals surface area contributed by atoms with Gasteiger partial charge in [0.15, 0.2) is 5.82 Å². The number of nitrogens with zero attached hydrogens (tertiary/aromatic N) is 2. The SMILES string of the molecule is Cc1nc2c(-c3ccc(O)cc3)[nH]c(-c3ccccc3)cn-2c1=O. The number of hydrogen-bond acceptors (Lipinski definition) is 3. The van der Waals surface area contributed by atoms with Gasteiger partial charge in [-0.25, -0.2) is 4.98 Å². The number of aromatic nitrogens is 3. The van der Waals surface area contributed by atoms with Crippen molar-refractivity contribution in [2.75, 3.05) is 0 Å². The zero-order valence-corrected chi connectivity index (χ0v) is 13.0. The van der Waals surface area contributed by atoms with Crippen LogP contribution in [0, 0.1) is 6.92 Å². The highest BCUT2D eigenvalue weighted by Gasteiger charge is 2.18. The van der Waals surface area contributed by atoms with Gasteiger partial charge in [-0.15, -0.1) is 0 Å². The first-order valence-electron chi connectivity index (χ1n) is 7.60. The van der Waals surface area contributed by atoms with Gasteiger partial charge in [-0.05, 0) is 36.8 Å². The zero-order chi connectivity index (χ0) is 16.7. The normalized spacial score (nSPS) is 11.0. The number of hydrogen-bond donors (Lipinski definition) is 2. The molecule has 2 N–H and O–H groups in total. The Morgan fingerprint density at radius 2 is 1.71 bits per heavy atom. The molecule has 0 fully saturated rings. The fourth-order valence-electron chi connectivity index (χ4n) is 2.77. The summed E-state index contributed by atoms with van der Waals surface area (Å²) < 4.78 is 1.57. The highest BCUT2D eigenvalue weighted by atomic mass is 16.3. The quantitative estimate of drug-likeness (QED) is 0.595. The fourth-order valence-corrected chi connectivity index (χ4v) is 2.77. The van der Waals surface area contributed by atoms with Crippen molar-refractivity contribution in [2.45, 2.75) is 6.92 Å². The number of phenolic OH excluding ortho intramolecular Hbond substituents is 1. The first-order valence-corrected chi connectivity index (χ1v) is 7.60. The molecule has 2 aliphatic heterocycles. The van der Waals surface area contributed by atoms with Crippen LogP contribution in [0.3, 0.4) is 0 Å². The van der Waals surface area contributed by atoms with Crippen molar-refractivity contribution in [3.8, 4) is 34.1 Å². The van der Waals surface area contributed by atoms with Gasteiger partial charge in [-0.2, -0.15) is 0 Å². The standard InChI is InChI=1S/C19H15N3O2/c1-12-19(24)22-11-16(13-5-3-2-4-6-13)21-17(18(22)20-12)14-7-9-15(23)10-8-14/h2-11,21,23H,1H3. The van der Waals surface area contributed by atoms with Crippen LogP contribution in [-0.2, 0) is 0 Å². The average molecular weight is 317 g/mol. The van der Waals surface area contributed by atoms with Crippen molar-refractivity contribution in [3.05, 3.63) is 76.8 Å². The smallest absolute Gasteiger partial charge is 0.277 e. The van der Waals surface area contributed by atoms with E-state index in [1.807, 2.05) is 30.3 Å². The van der Waals surface area contributed by atoms with Crippen LogP contribution in [0.25, 0.3) is 28.3 Å². The van der Waals surface area contributed by atoms with E-state index in [1.54, 1.807) is 42.0 Å². The number of aromatic amines is 1.